The summed E-state index contributed by atoms with van der Waals surface area (Å²) in [4.78, 5) is 46.0. The lowest BCUT2D eigenvalue weighted by atomic mass is 10.0. The maximum atomic E-state index is 13.1. The molecule has 2 fully saturated rings. The smallest absolute Gasteiger partial charge is 0.324 e. The first-order valence-electron chi connectivity index (χ1n) is 11.9. The Labute approximate surface area is 216 Å². The Bertz CT molecular complexity index is 1370. The van der Waals surface area contributed by atoms with Crippen LogP contribution in [0, 0.1) is 0 Å². The zero-order valence-electron chi connectivity index (χ0n) is 19.4. The second-order valence-corrected chi connectivity index (χ2v) is 10.6. The lowest BCUT2D eigenvalue weighted by Crippen LogP contribution is -2.50. The van der Waals surface area contributed by atoms with Crippen molar-refractivity contribution in [2.75, 3.05) is 32.7 Å². The predicted octanol–water partition coefficient (Wildman–Crippen LogP) is 2.79. The maximum absolute atomic E-state index is 13.1. The minimum Gasteiger partial charge on any atom is -0.479 e. The molecule has 2 saturated heterocycles. The van der Waals surface area contributed by atoms with Crippen molar-refractivity contribution in [3.05, 3.63) is 45.9 Å². The third-order valence-electron chi connectivity index (χ3n) is 6.73. The molecule has 11 heteroatoms. The van der Waals surface area contributed by atoms with Crippen molar-refractivity contribution in [2.24, 2.45) is 0 Å². The number of carbonyl (C=O) groups is 3. The molecular formula is C25H24ClN5O4S. The minimum absolute atomic E-state index is 0.00228. The number of benzene rings is 1. The van der Waals surface area contributed by atoms with E-state index in [1.165, 1.54) is 16.2 Å². The van der Waals surface area contributed by atoms with Gasteiger partial charge in [0.15, 0.2) is 6.10 Å². The number of fused-ring (bicyclic) bond motifs is 2. The molecule has 2 N–H and O–H groups in total. The van der Waals surface area contributed by atoms with Gasteiger partial charge in [-0.05, 0) is 24.3 Å². The number of rotatable bonds is 4. The van der Waals surface area contributed by atoms with Gasteiger partial charge in [-0.15, -0.1) is 11.3 Å². The summed E-state index contributed by atoms with van der Waals surface area (Å²) in [6.07, 6.45) is 1.91. The molecule has 1 atom stereocenters. The summed E-state index contributed by atoms with van der Waals surface area (Å²) in [5, 5.41) is 6.55. The summed E-state index contributed by atoms with van der Waals surface area (Å²) < 4.78 is 7.18. The number of amides is 4. The highest BCUT2D eigenvalue weighted by Gasteiger charge is 2.35. The number of imide groups is 1. The van der Waals surface area contributed by atoms with Crippen LogP contribution in [0.25, 0.3) is 21.3 Å². The lowest BCUT2D eigenvalue weighted by Gasteiger charge is -2.29. The molecule has 9 nitrogen and oxygen atoms in total. The summed E-state index contributed by atoms with van der Waals surface area (Å²) in [5.41, 5.74) is 3.36. The van der Waals surface area contributed by atoms with E-state index < -0.39 is 6.10 Å². The molecule has 0 saturated carbocycles. The SMILES string of the molecule is O=C(C1Cc2cc(Cl)cc(-c3ccnc4cc(CN5C(=O)CCNC5=O)sc34)c2O1)N1CCNCC1. The van der Waals surface area contributed by atoms with Crippen molar-refractivity contribution in [2.45, 2.75) is 25.5 Å². The molecule has 0 spiro atoms. The number of urea groups is 1. The molecule has 6 rings (SSSR count). The molecule has 186 valence electrons. The molecular weight excluding hydrogens is 502 g/mol. The highest BCUT2D eigenvalue weighted by Crippen LogP contribution is 2.45. The van der Waals surface area contributed by atoms with E-state index in [9.17, 15) is 14.4 Å². The topological polar surface area (TPSA) is 104 Å². The number of nitrogens with one attached hydrogen (secondary N) is 2. The van der Waals surface area contributed by atoms with E-state index in [4.69, 9.17) is 16.3 Å². The van der Waals surface area contributed by atoms with Gasteiger partial charge in [-0.25, -0.2) is 4.79 Å². The van der Waals surface area contributed by atoms with E-state index in [1.807, 2.05) is 29.2 Å². The number of hydrogen-bond donors (Lipinski definition) is 2. The standard InChI is InChI=1S/C25H24ClN5O4S/c26-15-9-14-10-20(24(33)30-7-5-27-6-8-30)35-22(14)18(11-15)17-1-3-28-19-12-16(36-23(17)19)13-31-21(32)2-4-29-25(31)34/h1,3,9,11-12,20,27H,2,4-8,10,13H2,(H,29,34). The van der Waals surface area contributed by atoms with E-state index >= 15 is 0 Å². The molecule has 0 radical (unpaired) electrons. The van der Waals surface area contributed by atoms with Crippen LogP contribution in [-0.2, 0) is 22.6 Å². The number of pyridine rings is 1. The van der Waals surface area contributed by atoms with E-state index in [0.717, 1.165) is 44.9 Å². The van der Waals surface area contributed by atoms with Crippen LogP contribution in [0.15, 0.2) is 30.5 Å². The van der Waals surface area contributed by atoms with Gasteiger partial charge >= 0.3 is 6.03 Å². The number of halogens is 1. The molecule has 36 heavy (non-hydrogen) atoms. The van der Waals surface area contributed by atoms with Gasteiger partial charge in [0.2, 0.25) is 5.91 Å². The summed E-state index contributed by atoms with van der Waals surface area (Å²) >= 11 is 7.99. The number of piperazine rings is 1. The van der Waals surface area contributed by atoms with E-state index in [-0.39, 0.29) is 24.4 Å². The Hall–Kier alpha value is -3.21. The van der Waals surface area contributed by atoms with Crippen molar-refractivity contribution in [1.29, 1.82) is 0 Å². The number of carbonyl (C=O) groups excluding carboxylic acids is 3. The first-order valence-corrected chi connectivity index (χ1v) is 13.1. The normalized spacial score (nSPS) is 19.9. The van der Waals surface area contributed by atoms with E-state index in [0.29, 0.717) is 43.2 Å². The van der Waals surface area contributed by atoms with Crippen molar-refractivity contribution in [3.8, 4) is 16.9 Å². The van der Waals surface area contributed by atoms with Crippen LogP contribution in [0.1, 0.15) is 16.9 Å². The van der Waals surface area contributed by atoms with Crippen molar-refractivity contribution in [3.63, 3.8) is 0 Å². The van der Waals surface area contributed by atoms with E-state index in [2.05, 4.69) is 15.6 Å². The third kappa shape index (κ3) is 4.19. The van der Waals surface area contributed by atoms with Crippen LogP contribution < -0.4 is 15.4 Å². The molecule has 0 bridgehead atoms. The average molecular weight is 526 g/mol. The summed E-state index contributed by atoms with van der Waals surface area (Å²) in [7, 11) is 0. The Kier molecular flexibility index (Phi) is 6.02. The second kappa shape index (κ2) is 9.34. The fraction of sp³-hybridized carbons (Fsp3) is 0.360. The Morgan fingerprint density at radius 2 is 2.00 bits per heavy atom. The predicted molar refractivity (Wildman–Crippen MR) is 136 cm³/mol. The fourth-order valence-electron chi connectivity index (χ4n) is 4.96. The molecule has 3 aliphatic heterocycles. The fourth-order valence-corrected chi connectivity index (χ4v) is 6.34. The number of aromatic nitrogens is 1. The Morgan fingerprint density at radius 1 is 1.17 bits per heavy atom. The van der Waals surface area contributed by atoms with Crippen LogP contribution in [0.3, 0.4) is 0 Å². The summed E-state index contributed by atoms with van der Waals surface area (Å²) in [6.45, 7) is 3.46. The maximum Gasteiger partial charge on any atom is 0.324 e. The quantitative estimate of drug-likeness (QED) is 0.543. The molecule has 5 heterocycles. The zero-order valence-corrected chi connectivity index (χ0v) is 21.0. The van der Waals surface area contributed by atoms with Crippen molar-refractivity contribution >= 4 is 51.0 Å². The van der Waals surface area contributed by atoms with Gasteiger partial charge in [-0.2, -0.15) is 0 Å². The number of hydrogen-bond acceptors (Lipinski definition) is 7. The molecule has 4 amide bonds. The number of ether oxygens (including phenoxy) is 1. The molecule has 0 aliphatic carbocycles. The van der Waals surface area contributed by atoms with Crippen molar-refractivity contribution < 1.29 is 19.1 Å². The Balaban J connectivity index is 1.33. The molecule has 3 aromatic rings. The molecule has 3 aliphatic rings. The highest BCUT2D eigenvalue weighted by atomic mass is 35.5. The monoisotopic (exact) mass is 525 g/mol. The lowest BCUT2D eigenvalue weighted by molar-refractivity contribution is -0.138. The van der Waals surface area contributed by atoms with Gasteiger partial charge in [-0.3, -0.25) is 19.5 Å². The van der Waals surface area contributed by atoms with Gasteiger partial charge < -0.3 is 20.3 Å². The van der Waals surface area contributed by atoms with Gasteiger partial charge in [0.25, 0.3) is 5.91 Å². The van der Waals surface area contributed by atoms with Crippen LogP contribution >= 0.6 is 22.9 Å². The average Bonchev–Trinajstić information content (AvgIpc) is 3.49. The molecule has 1 aromatic carbocycles. The first kappa shape index (κ1) is 23.2. The van der Waals surface area contributed by atoms with Crippen LogP contribution in [0.5, 0.6) is 5.75 Å². The van der Waals surface area contributed by atoms with Gasteiger partial charge in [0, 0.05) is 78.4 Å². The van der Waals surface area contributed by atoms with Gasteiger partial charge in [0.1, 0.15) is 5.75 Å². The van der Waals surface area contributed by atoms with Crippen LogP contribution in [0.2, 0.25) is 5.02 Å². The third-order valence-corrected chi connectivity index (χ3v) is 8.09. The van der Waals surface area contributed by atoms with Crippen LogP contribution in [0.4, 0.5) is 4.79 Å². The number of nitrogens with zero attached hydrogens (tertiary/aromatic N) is 3. The largest absolute Gasteiger partial charge is 0.479 e. The van der Waals surface area contributed by atoms with E-state index in [1.54, 1.807) is 6.20 Å². The zero-order chi connectivity index (χ0) is 24.8. The van der Waals surface area contributed by atoms with Gasteiger partial charge in [0.05, 0.1) is 16.8 Å². The summed E-state index contributed by atoms with van der Waals surface area (Å²) in [5.74, 6) is 0.476. The number of thiophene rings is 1. The Morgan fingerprint density at radius 3 is 2.81 bits per heavy atom. The summed E-state index contributed by atoms with van der Waals surface area (Å²) in [6, 6.07) is 7.15. The second-order valence-electron chi connectivity index (χ2n) is 9.07. The van der Waals surface area contributed by atoms with Gasteiger partial charge in [-0.1, -0.05) is 11.6 Å². The first-order chi connectivity index (χ1) is 17.5. The van der Waals surface area contributed by atoms with Crippen molar-refractivity contribution in [1.82, 2.24) is 25.4 Å². The highest BCUT2D eigenvalue weighted by molar-refractivity contribution is 7.19. The molecule has 1 unspecified atom stereocenters. The molecule has 2 aromatic heterocycles. The minimum atomic E-state index is -0.574. The van der Waals surface area contributed by atoms with Crippen LogP contribution in [-0.4, -0.2) is 71.5 Å².